The number of carbonyl (C=O) groups is 1. The topological polar surface area (TPSA) is 127 Å². The molecule has 0 saturated carbocycles. The Labute approximate surface area is 122 Å². The molecule has 0 aliphatic carbocycles. The number of carboxylic acid groups (broad SMARTS) is 1. The van der Waals surface area contributed by atoms with E-state index in [1.54, 1.807) is 0 Å². The summed E-state index contributed by atoms with van der Waals surface area (Å²) in [5.41, 5.74) is -0.654. The number of nitro benzene ring substituents is 1. The van der Waals surface area contributed by atoms with Gasteiger partial charge in [0.1, 0.15) is 15.5 Å². The predicted molar refractivity (Wildman–Crippen MR) is 75.2 cm³/mol. The van der Waals surface area contributed by atoms with Gasteiger partial charge in [-0.15, -0.1) is 11.3 Å². The van der Waals surface area contributed by atoms with Crippen LogP contribution in [-0.2, 0) is 10.0 Å². The van der Waals surface area contributed by atoms with Crippen molar-refractivity contribution in [1.82, 2.24) is 0 Å². The maximum absolute atomic E-state index is 12.2. The lowest BCUT2D eigenvalue weighted by Gasteiger charge is -2.07. The van der Waals surface area contributed by atoms with Gasteiger partial charge >= 0.3 is 5.97 Å². The number of sulfonamides is 1. The third-order valence-corrected chi connectivity index (χ3v) is 4.90. The number of anilines is 1. The molecule has 10 heteroatoms. The Balaban J connectivity index is 2.46. The minimum absolute atomic E-state index is 0.231. The van der Waals surface area contributed by atoms with E-state index in [0.29, 0.717) is 0 Å². The van der Waals surface area contributed by atoms with E-state index < -0.39 is 31.5 Å². The largest absolute Gasteiger partial charge is 0.477 e. The number of hydrogen-bond acceptors (Lipinski definition) is 6. The van der Waals surface area contributed by atoms with Crippen molar-refractivity contribution < 1.29 is 23.2 Å². The molecule has 8 nitrogen and oxygen atoms in total. The number of carboxylic acids is 1. The molecule has 0 bridgehead atoms. The van der Waals surface area contributed by atoms with Crippen molar-refractivity contribution in [2.75, 3.05) is 4.72 Å². The molecule has 0 spiro atoms. The van der Waals surface area contributed by atoms with Gasteiger partial charge in [-0.2, -0.15) is 0 Å². The molecule has 1 heterocycles. The summed E-state index contributed by atoms with van der Waals surface area (Å²) in [6.45, 7) is 0. The molecule has 1 aromatic heterocycles. The van der Waals surface area contributed by atoms with Gasteiger partial charge in [-0.05, 0) is 17.5 Å². The predicted octanol–water partition coefficient (Wildman–Crippen LogP) is 2.16. The van der Waals surface area contributed by atoms with Crippen molar-refractivity contribution in [3.05, 3.63) is 50.7 Å². The number of rotatable bonds is 5. The van der Waals surface area contributed by atoms with Crippen molar-refractivity contribution in [2.45, 2.75) is 4.90 Å². The summed E-state index contributed by atoms with van der Waals surface area (Å²) in [4.78, 5) is 20.3. The maximum atomic E-state index is 12.2. The van der Waals surface area contributed by atoms with Crippen LogP contribution in [-0.4, -0.2) is 24.4 Å². The van der Waals surface area contributed by atoms with Gasteiger partial charge in [0.2, 0.25) is 0 Å². The van der Waals surface area contributed by atoms with Crippen LogP contribution in [0.5, 0.6) is 0 Å². The number of nitrogens with one attached hydrogen (secondary N) is 1. The monoisotopic (exact) mass is 328 g/mol. The Bertz CT molecular complexity index is 812. The highest BCUT2D eigenvalue weighted by Crippen LogP contribution is 2.28. The minimum Gasteiger partial charge on any atom is -0.477 e. The van der Waals surface area contributed by atoms with Crippen LogP contribution in [0, 0.1) is 10.1 Å². The summed E-state index contributed by atoms with van der Waals surface area (Å²) in [6.07, 6.45) is 0. The molecule has 1 aromatic carbocycles. The normalized spacial score (nSPS) is 11.0. The average Bonchev–Trinajstić information content (AvgIpc) is 2.88. The minimum atomic E-state index is -4.23. The second kappa shape index (κ2) is 5.50. The quantitative estimate of drug-likeness (QED) is 0.639. The van der Waals surface area contributed by atoms with Gasteiger partial charge in [-0.3, -0.25) is 14.8 Å². The van der Waals surface area contributed by atoms with E-state index in [2.05, 4.69) is 0 Å². The zero-order chi connectivity index (χ0) is 15.6. The third kappa shape index (κ3) is 3.01. The van der Waals surface area contributed by atoms with Crippen LogP contribution in [0.2, 0.25) is 0 Å². The van der Waals surface area contributed by atoms with Crippen LogP contribution in [0.4, 0.5) is 11.4 Å². The molecule has 0 saturated heterocycles. The molecule has 0 fully saturated rings. The molecular formula is C11H8N2O6S2. The van der Waals surface area contributed by atoms with Gasteiger partial charge in [0.25, 0.3) is 15.7 Å². The number of nitrogens with zero attached hydrogens (tertiary/aromatic N) is 1. The molecule has 0 aliphatic rings. The van der Waals surface area contributed by atoms with E-state index in [9.17, 15) is 23.3 Å². The first kappa shape index (κ1) is 14.9. The van der Waals surface area contributed by atoms with E-state index in [0.717, 1.165) is 23.5 Å². The summed E-state index contributed by atoms with van der Waals surface area (Å²) in [5.74, 6) is -1.38. The van der Waals surface area contributed by atoms with Crippen LogP contribution >= 0.6 is 11.3 Å². The SMILES string of the molecule is O=C(O)c1sccc1S(=O)(=O)Nc1ccccc1[N+](=O)[O-]. The number of aromatic carboxylic acids is 1. The van der Waals surface area contributed by atoms with Gasteiger partial charge in [0.05, 0.1) is 4.92 Å². The van der Waals surface area contributed by atoms with Gasteiger partial charge in [0, 0.05) is 6.07 Å². The molecule has 110 valence electrons. The van der Waals surface area contributed by atoms with E-state index in [1.807, 2.05) is 4.72 Å². The lowest BCUT2D eigenvalue weighted by molar-refractivity contribution is -0.383. The van der Waals surface area contributed by atoms with Gasteiger partial charge in [0.15, 0.2) is 0 Å². The van der Waals surface area contributed by atoms with E-state index in [4.69, 9.17) is 5.11 Å². The molecule has 0 radical (unpaired) electrons. The Morgan fingerprint density at radius 3 is 2.57 bits per heavy atom. The molecule has 2 N–H and O–H groups in total. The Hall–Kier alpha value is -2.46. The first-order valence-corrected chi connectivity index (χ1v) is 7.76. The highest BCUT2D eigenvalue weighted by atomic mass is 32.2. The lowest BCUT2D eigenvalue weighted by Crippen LogP contribution is -2.16. The second-order valence-electron chi connectivity index (χ2n) is 3.80. The lowest BCUT2D eigenvalue weighted by atomic mass is 10.3. The summed E-state index contributed by atoms with van der Waals surface area (Å²) in [7, 11) is -4.23. The summed E-state index contributed by atoms with van der Waals surface area (Å²) in [5, 5.41) is 21.1. The number of para-hydroxylation sites is 2. The first-order chi connectivity index (χ1) is 9.83. The molecule has 0 unspecified atom stereocenters. The van der Waals surface area contributed by atoms with Crippen LogP contribution in [0.15, 0.2) is 40.6 Å². The van der Waals surface area contributed by atoms with Crippen LogP contribution in [0.3, 0.4) is 0 Å². The van der Waals surface area contributed by atoms with Crippen LogP contribution < -0.4 is 4.72 Å². The zero-order valence-electron chi connectivity index (χ0n) is 10.2. The molecule has 0 aliphatic heterocycles. The highest BCUT2D eigenvalue weighted by molar-refractivity contribution is 7.93. The van der Waals surface area contributed by atoms with E-state index in [1.165, 1.54) is 23.6 Å². The molecular weight excluding hydrogens is 320 g/mol. The average molecular weight is 328 g/mol. The fraction of sp³-hybridized carbons (Fsp3) is 0. The molecule has 0 atom stereocenters. The van der Waals surface area contributed by atoms with Gasteiger partial charge in [-0.25, -0.2) is 13.2 Å². The van der Waals surface area contributed by atoms with E-state index >= 15 is 0 Å². The Morgan fingerprint density at radius 2 is 1.95 bits per heavy atom. The maximum Gasteiger partial charge on any atom is 0.347 e. The molecule has 0 amide bonds. The van der Waals surface area contributed by atoms with Crippen molar-refractivity contribution in [3.8, 4) is 0 Å². The second-order valence-corrected chi connectivity index (χ2v) is 6.37. The fourth-order valence-corrected chi connectivity index (χ4v) is 3.92. The van der Waals surface area contributed by atoms with Crippen molar-refractivity contribution in [1.29, 1.82) is 0 Å². The van der Waals surface area contributed by atoms with Crippen LogP contribution in [0.1, 0.15) is 9.67 Å². The van der Waals surface area contributed by atoms with Gasteiger partial charge < -0.3 is 5.11 Å². The van der Waals surface area contributed by atoms with Crippen molar-refractivity contribution in [2.24, 2.45) is 0 Å². The highest BCUT2D eigenvalue weighted by Gasteiger charge is 2.26. The first-order valence-electron chi connectivity index (χ1n) is 5.40. The van der Waals surface area contributed by atoms with E-state index in [-0.39, 0.29) is 10.6 Å². The third-order valence-electron chi connectivity index (χ3n) is 2.46. The summed E-state index contributed by atoms with van der Waals surface area (Å²) >= 11 is 0.753. The smallest absolute Gasteiger partial charge is 0.347 e. The zero-order valence-corrected chi connectivity index (χ0v) is 11.8. The summed E-state index contributed by atoms with van der Waals surface area (Å²) < 4.78 is 26.4. The molecule has 2 aromatic rings. The van der Waals surface area contributed by atoms with Crippen molar-refractivity contribution >= 4 is 38.7 Å². The fourth-order valence-electron chi connectivity index (χ4n) is 1.58. The standard InChI is InChI=1S/C11H8N2O6S2/c14-11(15)10-9(5-6-20-10)21(18,19)12-7-3-1-2-4-8(7)13(16)17/h1-6,12H,(H,14,15). The molecule has 2 rings (SSSR count). The number of hydrogen-bond donors (Lipinski definition) is 2. The summed E-state index contributed by atoms with van der Waals surface area (Å²) in [6, 6.07) is 6.32. The van der Waals surface area contributed by atoms with Crippen LogP contribution in [0.25, 0.3) is 0 Å². The van der Waals surface area contributed by atoms with Crippen molar-refractivity contribution in [3.63, 3.8) is 0 Å². The molecule has 21 heavy (non-hydrogen) atoms. The Morgan fingerprint density at radius 1 is 1.29 bits per heavy atom. The number of benzene rings is 1. The number of nitro groups is 1. The number of thiophene rings is 1. The Kier molecular flexibility index (Phi) is 3.91. The van der Waals surface area contributed by atoms with Gasteiger partial charge in [-0.1, -0.05) is 12.1 Å².